The van der Waals surface area contributed by atoms with Crippen molar-refractivity contribution < 1.29 is 4.92 Å². The number of hydrogen-bond acceptors (Lipinski definition) is 4. The number of nitrogens with two attached hydrogens (primary N) is 1. The van der Waals surface area contributed by atoms with Crippen LogP contribution in [0.25, 0.3) is 0 Å². The molecule has 1 aromatic rings. The summed E-state index contributed by atoms with van der Waals surface area (Å²) in [4.78, 5) is 12.6. The first-order valence-electron chi connectivity index (χ1n) is 6.58. The Labute approximate surface area is 114 Å². The highest BCUT2D eigenvalue weighted by molar-refractivity contribution is 5.59. The van der Waals surface area contributed by atoms with Crippen LogP contribution in [-0.4, -0.2) is 22.4 Å². The molecule has 0 saturated heterocycles. The lowest BCUT2D eigenvalue weighted by Crippen LogP contribution is -2.33. The van der Waals surface area contributed by atoms with Gasteiger partial charge in [0.1, 0.15) is 5.69 Å². The second kappa shape index (κ2) is 6.52. The Morgan fingerprint density at radius 2 is 1.95 bits per heavy atom. The van der Waals surface area contributed by atoms with E-state index in [1.54, 1.807) is 12.1 Å². The molecule has 0 atom stereocenters. The predicted molar refractivity (Wildman–Crippen MR) is 77.9 cm³/mol. The van der Waals surface area contributed by atoms with Crippen LogP contribution in [0.2, 0.25) is 0 Å². The van der Waals surface area contributed by atoms with Crippen LogP contribution in [0.4, 0.5) is 11.4 Å². The van der Waals surface area contributed by atoms with Gasteiger partial charge < -0.3 is 5.73 Å². The van der Waals surface area contributed by atoms with Crippen LogP contribution < -0.4 is 5.73 Å². The number of nitro benzene ring substituents is 1. The van der Waals surface area contributed by atoms with Crippen molar-refractivity contribution in [3.8, 4) is 0 Å². The first-order chi connectivity index (χ1) is 8.81. The molecule has 19 heavy (non-hydrogen) atoms. The number of anilines is 1. The molecule has 0 amide bonds. The van der Waals surface area contributed by atoms with Crippen molar-refractivity contribution in [3.05, 3.63) is 33.9 Å². The smallest absolute Gasteiger partial charge is 0.292 e. The van der Waals surface area contributed by atoms with Crippen molar-refractivity contribution >= 4 is 11.4 Å². The van der Waals surface area contributed by atoms with E-state index in [0.29, 0.717) is 12.0 Å². The van der Waals surface area contributed by atoms with Crippen LogP contribution in [0, 0.1) is 16.0 Å². The fourth-order valence-corrected chi connectivity index (χ4v) is 2.03. The lowest BCUT2D eigenvalue weighted by molar-refractivity contribution is -0.383. The minimum Gasteiger partial charge on any atom is -0.393 e. The van der Waals surface area contributed by atoms with Crippen LogP contribution in [0.3, 0.4) is 0 Å². The van der Waals surface area contributed by atoms with Crippen molar-refractivity contribution in [1.29, 1.82) is 0 Å². The molecule has 0 spiro atoms. The lowest BCUT2D eigenvalue weighted by Gasteiger charge is -2.28. The molecule has 0 aliphatic carbocycles. The maximum absolute atomic E-state index is 10.7. The highest BCUT2D eigenvalue weighted by atomic mass is 16.6. The van der Waals surface area contributed by atoms with Crippen molar-refractivity contribution in [3.63, 3.8) is 0 Å². The zero-order valence-corrected chi connectivity index (χ0v) is 12.1. The standard InChI is InChI=1S/C14H23N3O2/c1-10(2)8-16(11(3)4)9-12-5-6-14(17(18)19)13(15)7-12/h5-7,10-11H,8-9,15H2,1-4H3. The van der Waals surface area contributed by atoms with E-state index in [2.05, 4.69) is 32.6 Å². The highest BCUT2D eigenvalue weighted by Crippen LogP contribution is 2.23. The van der Waals surface area contributed by atoms with Crippen LogP contribution in [0.15, 0.2) is 18.2 Å². The SMILES string of the molecule is CC(C)CN(Cc1ccc([N+](=O)[O-])c(N)c1)C(C)C. The van der Waals surface area contributed by atoms with Gasteiger partial charge in [0.25, 0.3) is 5.69 Å². The summed E-state index contributed by atoms with van der Waals surface area (Å²) in [5.74, 6) is 0.581. The lowest BCUT2D eigenvalue weighted by atomic mass is 10.1. The molecule has 0 saturated carbocycles. The molecule has 1 aromatic carbocycles. The van der Waals surface area contributed by atoms with E-state index in [1.807, 2.05) is 0 Å². The van der Waals surface area contributed by atoms with E-state index >= 15 is 0 Å². The molecule has 0 bridgehead atoms. The molecule has 106 valence electrons. The van der Waals surface area contributed by atoms with Crippen LogP contribution >= 0.6 is 0 Å². The second-order valence-corrected chi connectivity index (χ2v) is 5.57. The number of hydrogen-bond donors (Lipinski definition) is 1. The molecule has 0 heterocycles. The van der Waals surface area contributed by atoms with Gasteiger partial charge in [0.05, 0.1) is 4.92 Å². The van der Waals surface area contributed by atoms with Gasteiger partial charge >= 0.3 is 0 Å². The number of rotatable bonds is 6. The van der Waals surface area contributed by atoms with E-state index in [0.717, 1.165) is 18.7 Å². The first kappa shape index (κ1) is 15.4. The van der Waals surface area contributed by atoms with Gasteiger partial charge in [0.2, 0.25) is 0 Å². The normalized spacial score (nSPS) is 11.5. The average Bonchev–Trinajstić information content (AvgIpc) is 2.26. The minimum atomic E-state index is -0.451. The average molecular weight is 265 g/mol. The zero-order chi connectivity index (χ0) is 14.6. The summed E-state index contributed by atoms with van der Waals surface area (Å²) >= 11 is 0. The van der Waals surface area contributed by atoms with Gasteiger partial charge in [-0.2, -0.15) is 0 Å². The van der Waals surface area contributed by atoms with Gasteiger partial charge in [-0.1, -0.05) is 19.9 Å². The van der Waals surface area contributed by atoms with E-state index < -0.39 is 4.92 Å². The fourth-order valence-electron chi connectivity index (χ4n) is 2.03. The number of nitro groups is 1. The summed E-state index contributed by atoms with van der Waals surface area (Å²) in [6.07, 6.45) is 0. The van der Waals surface area contributed by atoms with Gasteiger partial charge in [-0.15, -0.1) is 0 Å². The molecule has 0 aromatic heterocycles. The Morgan fingerprint density at radius 3 is 2.37 bits per heavy atom. The van der Waals surface area contributed by atoms with Gasteiger partial charge in [-0.25, -0.2) is 0 Å². The Morgan fingerprint density at radius 1 is 1.32 bits per heavy atom. The predicted octanol–water partition coefficient (Wildman–Crippen LogP) is 3.04. The molecule has 0 unspecified atom stereocenters. The van der Waals surface area contributed by atoms with Gasteiger partial charge in [0.15, 0.2) is 0 Å². The number of nitrogen functional groups attached to an aromatic ring is 1. The summed E-state index contributed by atoms with van der Waals surface area (Å²) in [6.45, 7) is 10.4. The van der Waals surface area contributed by atoms with Gasteiger partial charge in [-0.05, 0) is 31.4 Å². The zero-order valence-electron chi connectivity index (χ0n) is 12.1. The summed E-state index contributed by atoms with van der Waals surface area (Å²) in [6, 6.07) is 5.40. The minimum absolute atomic E-state index is 0.0243. The maximum Gasteiger partial charge on any atom is 0.292 e. The second-order valence-electron chi connectivity index (χ2n) is 5.57. The summed E-state index contributed by atoms with van der Waals surface area (Å²) in [5.41, 5.74) is 6.93. The highest BCUT2D eigenvalue weighted by Gasteiger charge is 2.15. The third-order valence-corrected chi connectivity index (χ3v) is 3.00. The molecular weight excluding hydrogens is 242 g/mol. The molecular formula is C14H23N3O2. The quantitative estimate of drug-likeness (QED) is 0.487. The molecule has 0 aliphatic heterocycles. The number of nitrogens with zero attached hydrogens (tertiary/aromatic N) is 2. The molecule has 5 nitrogen and oxygen atoms in total. The Hall–Kier alpha value is -1.62. The molecule has 5 heteroatoms. The van der Waals surface area contributed by atoms with E-state index in [9.17, 15) is 10.1 Å². The van der Waals surface area contributed by atoms with Gasteiger partial charge in [-0.3, -0.25) is 15.0 Å². The number of benzene rings is 1. The maximum atomic E-state index is 10.7. The summed E-state index contributed by atoms with van der Waals surface area (Å²) in [5, 5.41) is 10.7. The molecule has 0 aliphatic rings. The van der Waals surface area contributed by atoms with E-state index in [1.165, 1.54) is 6.07 Å². The van der Waals surface area contributed by atoms with Crippen molar-refractivity contribution in [1.82, 2.24) is 4.90 Å². The van der Waals surface area contributed by atoms with Crippen molar-refractivity contribution in [2.45, 2.75) is 40.3 Å². The fraction of sp³-hybridized carbons (Fsp3) is 0.571. The summed E-state index contributed by atoms with van der Waals surface area (Å²) < 4.78 is 0. The van der Waals surface area contributed by atoms with E-state index in [-0.39, 0.29) is 11.4 Å². The van der Waals surface area contributed by atoms with E-state index in [4.69, 9.17) is 5.73 Å². The van der Waals surface area contributed by atoms with Crippen LogP contribution in [-0.2, 0) is 6.54 Å². The molecule has 0 fully saturated rings. The van der Waals surface area contributed by atoms with Crippen LogP contribution in [0.5, 0.6) is 0 Å². The molecule has 2 N–H and O–H groups in total. The van der Waals surface area contributed by atoms with Crippen LogP contribution in [0.1, 0.15) is 33.3 Å². The monoisotopic (exact) mass is 265 g/mol. The first-order valence-corrected chi connectivity index (χ1v) is 6.58. The topological polar surface area (TPSA) is 72.4 Å². The van der Waals surface area contributed by atoms with Crippen molar-refractivity contribution in [2.24, 2.45) is 5.92 Å². The Balaban J connectivity index is 2.85. The third kappa shape index (κ3) is 4.52. The Bertz CT molecular complexity index is 444. The Kier molecular flexibility index (Phi) is 5.30. The van der Waals surface area contributed by atoms with Gasteiger partial charge in [0, 0.05) is 25.2 Å². The summed E-state index contributed by atoms with van der Waals surface area (Å²) in [7, 11) is 0. The molecule has 1 rings (SSSR count). The molecule has 0 radical (unpaired) electrons. The largest absolute Gasteiger partial charge is 0.393 e. The van der Waals surface area contributed by atoms with Crippen molar-refractivity contribution in [2.75, 3.05) is 12.3 Å². The third-order valence-electron chi connectivity index (χ3n) is 3.00.